The van der Waals surface area contributed by atoms with Gasteiger partial charge in [0.1, 0.15) is 5.67 Å². The van der Waals surface area contributed by atoms with Crippen LogP contribution in [0, 0.1) is 5.92 Å². The number of hydrogen-bond donors (Lipinski definition) is 1. The maximum absolute atomic E-state index is 15.8. The van der Waals surface area contributed by atoms with Gasteiger partial charge in [-0.25, -0.2) is 4.39 Å². The van der Waals surface area contributed by atoms with Crippen molar-refractivity contribution in [1.82, 2.24) is 14.8 Å². The molecular weight excluding hydrogens is 335 g/mol. The number of alkyl halides is 1. The first-order valence-electron chi connectivity index (χ1n) is 10.5. The van der Waals surface area contributed by atoms with Crippen molar-refractivity contribution < 1.29 is 4.39 Å². The molecule has 0 amide bonds. The third-order valence-corrected chi connectivity index (χ3v) is 6.07. The molecule has 0 bridgehead atoms. The van der Waals surface area contributed by atoms with Gasteiger partial charge < -0.3 is 14.8 Å². The molecule has 1 N–H and O–H groups in total. The molecule has 6 heteroatoms. The van der Waals surface area contributed by atoms with Gasteiger partial charge in [0, 0.05) is 18.6 Å². The second-order valence-electron chi connectivity index (χ2n) is 9.40. The van der Waals surface area contributed by atoms with Crippen molar-refractivity contribution in [2.24, 2.45) is 5.92 Å². The zero-order valence-electron chi connectivity index (χ0n) is 18.8. The predicted molar refractivity (Wildman–Crippen MR) is 117 cm³/mol. The molecule has 150 valence electrons. The summed E-state index contributed by atoms with van der Waals surface area (Å²) in [6, 6.07) is 8.01. The van der Waals surface area contributed by atoms with Gasteiger partial charge in [-0.2, -0.15) is 0 Å². The summed E-state index contributed by atoms with van der Waals surface area (Å²) < 4.78 is 18.3. The largest absolute Gasteiger partial charge is 0.352 e. The van der Waals surface area contributed by atoms with E-state index in [1.54, 1.807) is 6.92 Å². The van der Waals surface area contributed by atoms with Crippen LogP contribution >= 0.6 is 0 Å². The number of hydrogen-bond acceptors (Lipinski definition) is 3. The molecule has 1 fully saturated rings. The molecule has 0 aliphatic carbocycles. The van der Waals surface area contributed by atoms with Gasteiger partial charge in [-0.15, -0.1) is 0 Å². The number of rotatable bonds is 0. The van der Waals surface area contributed by atoms with Crippen LogP contribution in [0.3, 0.4) is 0 Å². The van der Waals surface area contributed by atoms with Gasteiger partial charge in [0.05, 0.1) is 0 Å². The summed E-state index contributed by atoms with van der Waals surface area (Å²) >= 11 is 0. The third kappa shape index (κ3) is 4.28. The van der Waals surface area contributed by atoms with Crippen LogP contribution in [0.2, 0.25) is 13.6 Å². The fourth-order valence-electron chi connectivity index (χ4n) is 4.82. The average molecular weight is 373 g/mol. The maximum Gasteiger partial charge on any atom is 0.299 e. The lowest BCUT2D eigenvalue weighted by molar-refractivity contribution is 0.0525. The van der Waals surface area contributed by atoms with Gasteiger partial charge in [-0.1, -0.05) is 65.1 Å². The van der Waals surface area contributed by atoms with Crippen molar-refractivity contribution in [3.63, 3.8) is 0 Å². The van der Waals surface area contributed by atoms with Gasteiger partial charge >= 0.3 is 0 Å². The van der Waals surface area contributed by atoms with E-state index in [0.29, 0.717) is 0 Å². The molecular formula is C21H38B2FN3. The van der Waals surface area contributed by atoms with Crippen molar-refractivity contribution >= 4 is 14.0 Å². The van der Waals surface area contributed by atoms with E-state index in [1.165, 1.54) is 6.42 Å². The molecule has 3 nitrogen and oxygen atoms in total. The fraction of sp³-hybridized carbons (Fsp3) is 0.714. The van der Waals surface area contributed by atoms with E-state index in [2.05, 4.69) is 69.1 Å². The van der Waals surface area contributed by atoms with Crippen LogP contribution in [-0.2, 0) is 12.2 Å². The first-order chi connectivity index (χ1) is 12.5. The van der Waals surface area contributed by atoms with E-state index in [1.807, 2.05) is 25.1 Å². The van der Waals surface area contributed by atoms with E-state index >= 15 is 4.39 Å². The summed E-state index contributed by atoms with van der Waals surface area (Å²) in [5.41, 5.74) is 0.654. The number of halogens is 1. The number of nitrogens with one attached hydrogen (secondary N) is 1. The molecule has 2 aliphatic rings. The minimum atomic E-state index is -1.34. The van der Waals surface area contributed by atoms with Crippen LogP contribution in [-0.4, -0.2) is 35.2 Å². The van der Waals surface area contributed by atoms with E-state index in [-0.39, 0.29) is 31.6 Å². The lowest BCUT2D eigenvalue weighted by Gasteiger charge is -2.55. The van der Waals surface area contributed by atoms with Crippen molar-refractivity contribution in [2.75, 3.05) is 0 Å². The molecule has 2 aliphatic heterocycles. The third-order valence-electron chi connectivity index (χ3n) is 6.07. The minimum Gasteiger partial charge on any atom is -0.352 e. The molecule has 1 aromatic carbocycles. The lowest BCUT2D eigenvalue weighted by Crippen LogP contribution is -2.77. The molecule has 0 aromatic heterocycles. The summed E-state index contributed by atoms with van der Waals surface area (Å²) in [6.45, 7) is 20.5. The normalized spacial score (nSPS) is 29.4. The molecule has 2 heterocycles. The summed E-state index contributed by atoms with van der Waals surface area (Å²) in [6.07, 6.45) is 1.27. The van der Waals surface area contributed by atoms with E-state index < -0.39 is 5.67 Å². The first kappa shape index (κ1) is 22.4. The highest BCUT2D eigenvalue weighted by atomic mass is 19.1. The van der Waals surface area contributed by atoms with E-state index in [0.717, 1.165) is 17.7 Å². The van der Waals surface area contributed by atoms with Crippen LogP contribution in [0.4, 0.5) is 4.39 Å². The fourth-order valence-corrected chi connectivity index (χ4v) is 4.82. The summed E-state index contributed by atoms with van der Waals surface area (Å²) in [5, 5.41) is 3.70. The van der Waals surface area contributed by atoms with Crippen molar-refractivity contribution in [3.8, 4) is 0 Å². The standard InChI is InChI=1S/C18H30B2FN3.C3H8/c1-13-16-22-19(6)24(17(2,3)4)20(7)23(16)12-14-10-8-9-11-15(14)18(13,5)21;1-3-2/h8-11,13,16,22H,12H2,1-7H3;3H2,1-2H3. The first-order valence-corrected chi connectivity index (χ1v) is 10.5. The van der Waals surface area contributed by atoms with Crippen LogP contribution in [0.25, 0.3) is 0 Å². The van der Waals surface area contributed by atoms with Crippen molar-refractivity contribution in [1.29, 1.82) is 0 Å². The molecule has 1 aromatic rings. The Labute approximate surface area is 167 Å². The summed E-state index contributed by atoms with van der Waals surface area (Å²) in [5.74, 6) is -0.131. The Kier molecular flexibility index (Phi) is 6.87. The van der Waals surface area contributed by atoms with E-state index in [9.17, 15) is 0 Å². The Morgan fingerprint density at radius 1 is 1.22 bits per heavy atom. The van der Waals surface area contributed by atoms with Gasteiger partial charge in [-0.05, 0) is 44.4 Å². The van der Waals surface area contributed by atoms with Gasteiger partial charge in [0.25, 0.3) is 14.0 Å². The zero-order valence-corrected chi connectivity index (χ0v) is 18.8. The molecule has 3 atom stereocenters. The molecule has 1 saturated heterocycles. The minimum absolute atomic E-state index is 0.0241. The SMILES string of the molecule is CB1NC2C(C)C(C)(F)c3ccccc3CN2B(C)N1C(C)(C)C.CCC. The predicted octanol–water partition coefficient (Wildman–Crippen LogP) is 5.01. The second kappa shape index (κ2) is 8.26. The van der Waals surface area contributed by atoms with Gasteiger partial charge in [-0.3, -0.25) is 0 Å². The Morgan fingerprint density at radius 2 is 1.78 bits per heavy atom. The number of benzene rings is 1. The Hall–Kier alpha value is -0.840. The monoisotopic (exact) mass is 373 g/mol. The molecule has 0 spiro atoms. The molecule has 3 unspecified atom stereocenters. The smallest absolute Gasteiger partial charge is 0.299 e. The Morgan fingerprint density at radius 3 is 2.33 bits per heavy atom. The molecule has 3 rings (SSSR count). The summed E-state index contributed by atoms with van der Waals surface area (Å²) in [4.78, 5) is 2.43. The van der Waals surface area contributed by atoms with E-state index in [4.69, 9.17) is 0 Å². The summed E-state index contributed by atoms with van der Waals surface area (Å²) in [7, 11) is 0. The second-order valence-corrected chi connectivity index (χ2v) is 9.40. The average Bonchev–Trinajstić information content (AvgIpc) is 2.63. The van der Waals surface area contributed by atoms with Gasteiger partial charge in [0.2, 0.25) is 0 Å². The highest BCUT2D eigenvalue weighted by Gasteiger charge is 2.52. The maximum atomic E-state index is 15.8. The number of nitrogens with zero attached hydrogens (tertiary/aromatic N) is 2. The molecule has 0 saturated carbocycles. The van der Waals surface area contributed by atoms with Crippen LogP contribution in [0.1, 0.15) is 66.0 Å². The highest BCUT2D eigenvalue weighted by Crippen LogP contribution is 2.43. The van der Waals surface area contributed by atoms with Crippen molar-refractivity contribution in [2.45, 2.75) is 92.5 Å². The van der Waals surface area contributed by atoms with Crippen LogP contribution in [0.15, 0.2) is 24.3 Å². The Balaban J connectivity index is 0.000000817. The molecule has 0 radical (unpaired) electrons. The van der Waals surface area contributed by atoms with Crippen LogP contribution in [0.5, 0.6) is 0 Å². The van der Waals surface area contributed by atoms with Crippen LogP contribution < -0.4 is 5.23 Å². The lowest BCUT2D eigenvalue weighted by atomic mass is 9.54. The van der Waals surface area contributed by atoms with Gasteiger partial charge in [0.15, 0.2) is 0 Å². The number of fused-ring (bicyclic) bond motifs is 2. The Bertz CT molecular complexity index is 632. The topological polar surface area (TPSA) is 18.5 Å². The van der Waals surface area contributed by atoms with Crippen molar-refractivity contribution in [3.05, 3.63) is 35.4 Å². The molecule has 27 heavy (non-hydrogen) atoms. The zero-order chi connectivity index (χ0) is 20.6. The highest BCUT2D eigenvalue weighted by molar-refractivity contribution is 6.70. The quantitative estimate of drug-likeness (QED) is 0.646.